The summed E-state index contributed by atoms with van der Waals surface area (Å²) in [5.74, 6) is 0.770. The number of benzene rings is 1. The zero-order valence-corrected chi connectivity index (χ0v) is 10.3. The summed E-state index contributed by atoms with van der Waals surface area (Å²) in [7, 11) is 1.61. The molecule has 2 aromatic rings. The number of halogens is 1. The van der Waals surface area contributed by atoms with Gasteiger partial charge in [-0.2, -0.15) is 0 Å². The standard InChI is InChI=1S/C12H10BrNO2/c1-16-11-5-3-10(4-6-11)14-8-9(13)2-7-12(14)15/h2-8H,1H3. The van der Waals surface area contributed by atoms with Gasteiger partial charge in [-0.3, -0.25) is 9.36 Å². The highest BCUT2D eigenvalue weighted by Crippen LogP contribution is 2.15. The van der Waals surface area contributed by atoms with Crippen LogP contribution >= 0.6 is 15.9 Å². The van der Waals surface area contributed by atoms with E-state index in [0.29, 0.717) is 0 Å². The predicted octanol–water partition coefficient (Wildman–Crippen LogP) is 2.61. The minimum atomic E-state index is -0.0617. The smallest absolute Gasteiger partial charge is 0.255 e. The van der Waals surface area contributed by atoms with Gasteiger partial charge >= 0.3 is 0 Å². The molecule has 82 valence electrons. The van der Waals surface area contributed by atoms with E-state index in [-0.39, 0.29) is 5.56 Å². The molecule has 0 saturated carbocycles. The summed E-state index contributed by atoms with van der Waals surface area (Å²) in [6.45, 7) is 0. The van der Waals surface area contributed by atoms with Gasteiger partial charge in [0.15, 0.2) is 0 Å². The Bertz CT molecular complexity index is 546. The first-order valence-corrected chi connectivity index (χ1v) is 5.52. The van der Waals surface area contributed by atoms with Crippen LogP contribution in [0.1, 0.15) is 0 Å². The Kier molecular flexibility index (Phi) is 3.10. The van der Waals surface area contributed by atoms with Crippen molar-refractivity contribution >= 4 is 15.9 Å². The lowest BCUT2D eigenvalue weighted by atomic mass is 10.3. The molecule has 0 aliphatic rings. The third-order valence-corrected chi connectivity index (χ3v) is 2.69. The van der Waals surface area contributed by atoms with Crippen molar-refractivity contribution in [3.8, 4) is 11.4 Å². The second-order valence-corrected chi connectivity index (χ2v) is 4.17. The Balaban J connectivity index is 2.50. The Hall–Kier alpha value is -1.55. The molecule has 0 saturated heterocycles. The van der Waals surface area contributed by atoms with Gasteiger partial charge in [-0.1, -0.05) is 0 Å². The lowest BCUT2D eigenvalue weighted by Gasteiger charge is -2.06. The van der Waals surface area contributed by atoms with Gasteiger partial charge < -0.3 is 4.74 Å². The average molecular weight is 280 g/mol. The molecule has 0 spiro atoms. The molecule has 0 aliphatic heterocycles. The minimum absolute atomic E-state index is 0.0617. The van der Waals surface area contributed by atoms with Gasteiger partial charge in [0, 0.05) is 22.4 Å². The van der Waals surface area contributed by atoms with Gasteiger partial charge in [0.1, 0.15) is 5.75 Å². The second kappa shape index (κ2) is 4.53. The Morgan fingerprint density at radius 3 is 2.44 bits per heavy atom. The highest BCUT2D eigenvalue weighted by molar-refractivity contribution is 9.10. The molecule has 1 aromatic carbocycles. The lowest BCUT2D eigenvalue weighted by Crippen LogP contribution is -2.15. The number of pyridine rings is 1. The minimum Gasteiger partial charge on any atom is -0.497 e. The van der Waals surface area contributed by atoms with Crippen molar-refractivity contribution in [3.05, 3.63) is 57.4 Å². The maximum atomic E-state index is 11.6. The number of rotatable bonds is 2. The molecule has 1 heterocycles. The molecule has 3 nitrogen and oxygen atoms in total. The van der Waals surface area contributed by atoms with E-state index in [4.69, 9.17) is 4.74 Å². The summed E-state index contributed by atoms with van der Waals surface area (Å²) in [4.78, 5) is 11.6. The summed E-state index contributed by atoms with van der Waals surface area (Å²) >= 11 is 3.34. The summed E-state index contributed by atoms with van der Waals surface area (Å²) in [5.41, 5.74) is 0.750. The fourth-order valence-electron chi connectivity index (χ4n) is 1.41. The highest BCUT2D eigenvalue weighted by atomic mass is 79.9. The molecule has 0 amide bonds. The van der Waals surface area contributed by atoms with Crippen molar-refractivity contribution in [2.75, 3.05) is 7.11 Å². The van der Waals surface area contributed by atoms with Crippen LogP contribution in [0.3, 0.4) is 0 Å². The van der Waals surface area contributed by atoms with Crippen LogP contribution in [0.4, 0.5) is 0 Å². The van der Waals surface area contributed by atoms with Gasteiger partial charge in [-0.05, 0) is 46.3 Å². The molecular formula is C12H10BrNO2. The van der Waals surface area contributed by atoms with E-state index >= 15 is 0 Å². The van der Waals surface area contributed by atoms with Crippen LogP contribution in [0.2, 0.25) is 0 Å². The van der Waals surface area contributed by atoms with Gasteiger partial charge in [0.2, 0.25) is 0 Å². The van der Waals surface area contributed by atoms with E-state index < -0.39 is 0 Å². The van der Waals surface area contributed by atoms with Crippen LogP contribution in [-0.4, -0.2) is 11.7 Å². The fourth-order valence-corrected chi connectivity index (χ4v) is 1.74. The number of aromatic nitrogens is 1. The van der Waals surface area contributed by atoms with E-state index in [1.165, 1.54) is 6.07 Å². The SMILES string of the molecule is COc1ccc(-n2cc(Br)ccc2=O)cc1. The largest absolute Gasteiger partial charge is 0.497 e. The molecule has 16 heavy (non-hydrogen) atoms. The maximum Gasteiger partial charge on any atom is 0.255 e. The van der Waals surface area contributed by atoms with E-state index in [1.54, 1.807) is 23.9 Å². The van der Waals surface area contributed by atoms with Crippen molar-refractivity contribution in [2.24, 2.45) is 0 Å². The van der Waals surface area contributed by atoms with Gasteiger partial charge in [-0.15, -0.1) is 0 Å². The van der Waals surface area contributed by atoms with Gasteiger partial charge in [0.05, 0.1) is 7.11 Å². The number of methoxy groups -OCH3 is 1. The zero-order chi connectivity index (χ0) is 11.5. The monoisotopic (exact) mass is 279 g/mol. The third kappa shape index (κ3) is 2.17. The van der Waals surface area contributed by atoms with Crippen molar-refractivity contribution < 1.29 is 4.74 Å². The molecule has 4 heteroatoms. The fraction of sp³-hybridized carbons (Fsp3) is 0.0833. The summed E-state index contributed by atoms with van der Waals surface area (Å²) in [6, 6.07) is 10.6. The van der Waals surface area contributed by atoms with Crippen molar-refractivity contribution in [1.82, 2.24) is 4.57 Å². The van der Waals surface area contributed by atoms with Crippen molar-refractivity contribution in [1.29, 1.82) is 0 Å². The third-order valence-electron chi connectivity index (χ3n) is 2.23. The highest BCUT2D eigenvalue weighted by Gasteiger charge is 2.00. The Morgan fingerprint density at radius 2 is 1.81 bits per heavy atom. The first-order valence-electron chi connectivity index (χ1n) is 4.73. The number of hydrogen-bond acceptors (Lipinski definition) is 2. The number of nitrogens with zero attached hydrogens (tertiary/aromatic N) is 1. The molecule has 0 N–H and O–H groups in total. The zero-order valence-electron chi connectivity index (χ0n) is 8.68. The number of hydrogen-bond donors (Lipinski definition) is 0. The molecule has 0 fully saturated rings. The van der Waals surface area contributed by atoms with Crippen LogP contribution in [0, 0.1) is 0 Å². The van der Waals surface area contributed by atoms with Crippen LogP contribution in [0.15, 0.2) is 51.9 Å². The van der Waals surface area contributed by atoms with Crippen molar-refractivity contribution in [2.45, 2.75) is 0 Å². The van der Waals surface area contributed by atoms with E-state index in [1.807, 2.05) is 24.3 Å². The predicted molar refractivity (Wildman–Crippen MR) is 66.3 cm³/mol. The molecular weight excluding hydrogens is 270 g/mol. The molecule has 1 aromatic heterocycles. The van der Waals surface area contributed by atoms with E-state index in [9.17, 15) is 4.79 Å². The second-order valence-electron chi connectivity index (χ2n) is 3.25. The molecule has 0 unspecified atom stereocenters. The quantitative estimate of drug-likeness (QED) is 0.846. The molecule has 2 rings (SSSR count). The van der Waals surface area contributed by atoms with Gasteiger partial charge in [0.25, 0.3) is 5.56 Å². The van der Waals surface area contributed by atoms with Crippen molar-refractivity contribution in [3.63, 3.8) is 0 Å². The molecule has 0 radical (unpaired) electrons. The Labute approximate surface area is 101 Å². The molecule has 0 aliphatic carbocycles. The van der Waals surface area contributed by atoms with E-state index in [0.717, 1.165) is 15.9 Å². The topological polar surface area (TPSA) is 31.2 Å². The number of ether oxygens (including phenoxy) is 1. The maximum absolute atomic E-state index is 11.6. The molecule has 0 bridgehead atoms. The Morgan fingerprint density at radius 1 is 1.12 bits per heavy atom. The van der Waals surface area contributed by atoms with Crippen LogP contribution in [-0.2, 0) is 0 Å². The average Bonchev–Trinajstić information content (AvgIpc) is 2.32. The first-order chi connectivity index (χ1) is 7.70. The van der Waals surface area contributed by atoms with Crippen LogP contribution < -0.4 is 10.3 Å². The van der Waals surface area contributed by atoms with Crippen LogP contribution in [0.5, 0.6) is 5.75 Å². The lowest BCUT2D eigenvalue weighted by molar-refractivity contribution is 0.414. The first kappa shape index (κ1) is 11.0. The summed E-state index contributed by atoms with van der Waals surface area (Å²) in [5, 5.41) is 0. The van der Waals surface area contributed by atoms with E-state index in [2.05, 4.69) is 15.9 Å². The normalized spacial score (nSPS) is 10.1. The summed E-state index contributed by atoms with van der Waals surface area (Å²) in [6.07, 6.45) is 1.74. The summed E-state index contributed by atoms with van der Waals surface area (Å²) < 4.78 is 7.50. The molecule has 0 atom stereocenters. The van der Waals surface area contributed by atoms with Crippen LogP contribution in [0.25, 0.3) is 5.69 Å². The van der Waals surface area contributed by atoms with Gasteiger partial charge in [-0.25, -0.2) is 0 Å².